The molecule has 0 fully saturated rings. The molecule has 8 nitrogen and oxygen atoms in total. The van der Waals surface area contributed by atoms with Crippen LogP contribution in [0.3, 0.4) is 0 Å². The molecule has 0 rings (SSSR count). The zero-order chi connectivity index (χ0) is 17.3. The van der Waals surface area contributed by atoms with E-state index in [2.05, 4.69) is 0 Å². The monoisotopic (exact) mass is 318 g/mol. The summed E-state index contributed by atoms with van der Waals surface area (Å²) < 4.78 is 0. The van der Waals surface area contributed by atoms with Gasteiger partial charge in [-0.25, -0.2) is 0 Å². The smallest absolute Gasteiger partial charge is 0.333 e. The highest BCUT2D eigenvalue weighted by atomic mass is 16.4. The third kappa shape index (κ3) is 4.44. The van der Waals surface area contributed by atoms with Crippen molar-refractivity contribution < 1.29 is 39.6 Å². The van der Waals surface area contributed by atoms with Gasteiger partial charge >= 0.3 is 23.9 Å². The molecule has 8 heteroatoms. The van der Waals surface area contributed by atoms with E-state index < -0.39 is 35.2 Å². The third-order valence-electron chi connectivity index (χ3n) is 3.68. The van der Waals surface area contributed by atoms with Gasteiger partial charge in [0, 0.05) is 0 Å². The zero-order valence-corrected chi connectivity index (χ0v) is 12.4. The van der Waals surface area contributed by atoms with Crippen LogP contribution in [0.25, 0.3) is 0 Å². The second kappa shape index (κ2) is 9.01. The summed E-state index contributed by atoms with van der Waals surface area (Å²) in [6.45, 7) is 2.03. The fraction of sp³-hybridized carbons (Fsp3) is 0.714. The lowest BCUT2D eigenvalue weighted by Gasteiger charge is -2.26. The minimum absolute atomic E-state index is 0.260. The predicted molar refractivity (Wildman–Crippen MR) is 74.5 cm³/mol. The highest BCUT2D eigenvalue weighted by molar-refractivity contribution is 6.18. The molecule has 126 valence electrons. The Morgan fingerprint density at radius 1 is 0.773 bits per heavy atom. The van der Waals surface area contributed by atoms with Crippen molar-refractivity contribution >= 4 is 23.9 Å². The van der Waals surface area contributed by atoms with Crippen LogP contribution in [0.15, 0.2) is 0 Å². The molecule has 0 heterocycles. The molecule has 0 aromatic rings. The lowest BCUT2D eigenvalue weighted by molar-refractivity contribution is -0.186. The molecule has 0 bridgehead atoms. The van der Waals surface area contributed by atoms with Crippen LogP contribution >= 0.6 is 0 Å². The molecule has 0 aromatic heterocycles. The normalized spacial score (nSPS) is 12.6. The third-order valence-corrected chi connectivity index (χ3v) is 3.68. The molecule has 0 saturated heterocycles. The average molecular weight is 318 g/mol. The summed E-state index contributed by atoms with van der Waals surface area (Å²) in [5.74, 6) is -10.3. The molecule has 1 unspecified atom stereocenters. The summed E-state index contributed by atoms with van der Waals surface area (Å²) in [6.07, 6.45) is 4.33. The van der Waals surface area contributed by atoms with Crippen molar-refractivity contribution in [3.05, 3.63) is 0 Å². The fourth-order valence-corrected chi connectivity index (χ4v) is 2.38. The van der Waals surface area contributed by atoms with Gasteiger partial charge < -0.3 is 20.4 Å². The Morgan fingerprint density at radius 3 is 1.55 bits per heavy atom. The number of unbranched alkanes of at least 4 members (excludes halogenated alkanes) is 5. The van der Waals surface area contributed by atoms with Crippen LogP contribution in [-0.2, 0) is 19.2 Å². The number of carboxylic acids is 4. The Morgan fingerprint density at radius 2 is 1.18 bits per heavy atom. The van der Waals surface area contributed by atoms with Crippen LogP contribution in [0.5, 0.6) is 0 Å². The van der Waals surface area contributed by atoms with Crippen LogP contribution in [-0.4, -0.2) is 44.3 Å². The molecule has 0 saturated carbocycles. The maximum atomic E-state index is 11.2. The maximum Gasteiger partial charge on any atom is 0.333 e. The number of carbonyl (C=O) groups is 4. The topological polar surface area (TPSA) is 149 Å². The Hall–Kier alpha value is -2.12. The van der Waals surface area contributed by atoms with E-state index in [1.165, 1.54) is 0 Å². The minimum atomic E-state index is -3.37. The van der Waals surface area contributed by atoms with Crippen LogP contribution < -0.4 is 0 Å². The lowest BCUT2D eigenvalue weighted by atomic mass is 9.72. The van der Waals surface area contributed by atoms with E-state index in [1.807, 2.05) is 6.92 Å². The first-order chi connectivity index (χ1) is 10.2. The zero-order valence-electron chi connectivity index (χ0n) is 12.4. The van der Waals surface area contributed by atoms with E-state index in [0.29, 0.717) is 6.42 Å². The van der Waals surface area contributed by atoms with E-state index in [4.69, 9.17) is 20.4 Å². The van der Waals surface area contributed by atoms with Gasteiger partial charge in [0.25, 0.3) is 5.41 Å². The van der Waals surface area contributed by atoms with Crippen molar-refractivity contribution in [1.29, 1.82) is 0 Å². The summed E-state index contributed by atoms with van der Waals surface area (Å²) in [6, 6.07) is 0. The largest absolute Gasteiger partial charge is 0.481 e. The first-order valence-electron chi connectivity index (χ1n) is 7.15. The number of aliphatic carboxylic acids is 4. The van der Waals surface area contributed by atoms with Crippen molar-refractivity contribution in [1.82, 2.24) is 0 Å². The van der Waals surface area contributed by atoms with E-state index >= 15 is 0 Å². The first-order valence-corrected chi connectivity index (χ1v) is 7.15. The van der Waals surface area contributed by atoms with Crippen LogP contribution in [0.4, 0.5) is 0 Å². The van der Waals surface area contributed by atoms with Gasteiger partial charge in [-0.3, -0.25) is 19.2 Å². The molecule has 1 atom stereocenters. The second-order valence-corrected chi connectivity index (χ2v) is 5.17. The van der Waals surface area contributed by atoms with E-state index in [-0.39, 0.29) is 12.8 Å². The summed E-state index contributed by atoms with van der Waals surface area (Å²) >= 11 is 0. The van der Waals surface area contributed by atoms with Gasteiger partial charge in [0.1, 0.15) is 0 Å². The molecule has 4 N–H and O–H groups in total. The van der Waals surface area contributed by atoms with E-state index in [9.17, 15) is 19.2 Å². The van der Waals surface area contributed by atoms with Crippen LogP contribution in [0, 0.1) is 11.3 Å². The van der Waals surface area contributed by atoms with Crippen LogP contribution in [0.2, 0.25) is 0 Å². The van der Waals surface area contributed by atoms with Crippen LogP contribution in [0.1, 0.15) is 51.9 Å². The van der Waals surface area contributed by atoms with Crippen molar-refractivity contribution in [2.45, 2.75) is 51.9 Å². The van der Waals surface area contributed by atoms with E-state index in [0.717, 1.165) is 25.7 Å². The SMILES string of the molecule is CCCCCCCCC(C(=O)O)C(C(=O)O)(C(=O)O)C(=O)O. The summed E-state index contributed by atoms with van der Waals surface area (Å²) in [5.41, 5.74) is -3.37. The number of hydrogen-bond acceptors (Lipinski definition) is 4. The lowest BCUT2D eigenvalue weighted by Crippen LogP contribution is -2.54. The van der Waals surface area contributed by atoms with Crippen molar-refractivity contribution in [3.8, 4) is 0 Å². The molecule has 0 aliphatic rings. The Kier molecular flexibility index (Phi) is 8.14. The van der Waals surface area contributed by atoms with Gasteiger partial charge in [0.05, 0.1) is 5.92 Å². The highest BCUT2D eigenvalue weighted by Crippen LogP contribution is 2.34. The molecular weight excluding hydrogens is 296 g/mol. The second-order valence-electron chi connectivity index (χ2n) is 5.17. The molecule has 0 aliphatic carbocycles. The van der Waals surface area contributed by atoms with Crippen molar-refractivity contribution in [2.75, 3.05) is 0 Å². The van der Waals surface area contributed by atoms with Gasteiger partial charge in [-0.2, -0.15) is 0 Å². The van der Waals surface area contributed by atoms with Gasteiger partial charge in [-0.15, -0.1) is 0 Å². The summed E-state index contributed by atoms with van der Waals surface area (Å²) in [7, 11) is 0. The van der Waals surface area contributed by atoms with Gasteiger partial charge in [0.15, 0.2) is 0 Å². The van der Waals surface area contributed by atoms with Gasteiger partial charge in [0.2, 0.25) is 0 Å². The Balaban J connectivity index is 5.10. The highest BCUT2D eigenvalue weighted by Gasteiger charge is 2.62. The van der Waals surface area contributed by atoms with Crippen molar-refractivity contribution in [3.63, 3.8) is 0 Å². The number of rotatable bonds is 12. The minimum Gasteiger partial charge on any atom is -0.481 e. The molecule has 0 aliphatic heterocycles. The van der Waals surface area contributed by atoms with Gasteiger partial charge in [-0.1, -0.05) is 45.4 Å². The Labute approximate surface area is 127 Å². The molecule has 0 radical (unpaired) electrons. The van der Waals surface area contributed by atoms with Crippen molar-refractivity contribution in [2.24, 2.45) is 11.3 Å². The Bertz CT molecular complexity index is 393. The molecule has 0 aromatic carbocycles. The summed E-state index contributed by atoms with van der Waals surface area (Å²) in [4.78, 5) is 44.8. The van der Waals surface area contributed by atoms with E-state index in [1.54, 1.807) is 0 Å². The molecule has 0 spiro atoms. The van der Waals surface area contributed by atoms with Gasteiger partial charge in [-0.05, 0) is 6.42 Å². The molecule has 0 amide bonds. The molecule has 22 heavy (non-hydrogen) atoms. The predicted octanol–water partition coefficient (Wildman–Crippen LogP) is 1.68. The average Bonchev–Trinajstić information content (AvgIpc) is 2.39. The standard InChI is InChI=1S/C14H22O8/c1-2-3-4-5-6-7-8-9(10(15)16)14(11(17)18,12(19)20)13(21)22/h9H,2-8H2,1H3,(H,15,16)(H,17,18)(H,19,20)(H,21,22). The summed E-state index contributed by atoms with van der Waals surface area (Å²) in [5, 5.41) is 36.2. The first kappa shape index (κ1) is 19.9. The quantitative estimate of drug-likeness (QED) is 0.313. The molecular formula is C14H22O8. The number of hydrogen-bond donors (Lipinski definition) is 4. The number of carboxylic acid groups (broad SMARTS) is 4. The fourth-order valence-electron chi connectivity index (χ4n) is 2.38. The maximum absolute atomic E-state index is 11.2.